The zero-order valence-electron chi connectivity index (χ0n) is 10.8. The molecule has 1 aliphatic heterocycles. The van der Waals surface area contributed by atoms with Crippen LogP contribution in [0.1, 0.15) is 32.6 Å². The number of amides is 2. The Hall–Kier alpha value is -0.750. The molecule has 2 amide bonds. The van der Waals surface area contributed by atoms with Gasteiger partial charge >= 0.3 is 0 Å². The fourth-order valence-electron chi connectivity index (χ4n) is 2.38. The monoisotopic (exact) mass is 274 g/mol. The van der Waals surface area contributed by atoms with E-state index in [1.165, 1.54) is 6.92 Å². The summed E-state index contributed by atoms with van der Waals surface area (Å²) in [6.45, 7) is 2.29. The second-order valence-electron chi connectivity index (χ2n) is 4.63. The van der Waals surface area contributed by atoms with Gasteiger partial charge in [-0.05, 0) is 25.7 Å². The second kappa shape index (κ2) is 7.63. The lowest BCUT2D eigenvalue weighted by molar-refractivity contribution is -0.136. The number of nitrogens with one attached hydrogen (secondary N) is 1. The van der Waals surface area contributed by atoms with Crippen molar-refractivity contribution in [1.29, 1.82) is 0 Å². The smallest absolute Gasteiger partial charge is 0.246 e. The van der Waals surface area contributed by atoms with Crippen LogP contribution in [0.3, 0.4) is 0 Å². The average Bonchev–Trinajstić information content (AvgIpc) is 2.80. The van der Waals surface area contributed by atoms with Crippen LogP contribution in [0.15, 0.2) is 0 Å². The number of hydrogen-bond acceptors (Lipinski definition) is 4. The van der Waals surface area contributed by atoms with Crippen molar-refractivity contribution < 1.29 is 14.7 Å². The lowest BCUT2D eigenvalue weighted by Gasteiger charge is -2.28. The summed E-state index contributed by atoms with van der Waals surface area (Å²) < 4.78 is 0. The van der Waals surface area contributed by atoms with Crippen LogP contribution >= 0.6 is 12.6 Å². The topological polar surface area (TPSA) is 69.6 Å². The summed E-state index contributed by atoms with van der Waals surface area (Å²) in [6, 6.07) is -0.346. The van der Waals surface area contributed by atoms with E-state index in [1.807, 2.05) is 4.90 Å². The predicted molar refractivity (Wildman–Crippen MR) is 72.5 cm³/mol. The van der Waals surface area contributed by atoms with Gasteiger partial charge < -0.3 is 15.3 Å². The first-order valence-electron chi connectivity index (χ1n) is 6.39. The third-order valence-electron chi connectivity index (χ3n) is 3.21. The van der Waals surface area contributed by atoms with Gasteiger partial charge in [0, 0.05) is 31.9 Å². The fourth-order valence-corrected chi connectivity index (χ4v) is 2.63. The average molecular weight is 274 g/mol. The maximum Gasteiger partial charge on any atom is 0.246 e. The molecule has 1 saturated heterocycles. The van der Waals surface area contributed by atoms with E-state index in [0.29, 0.717) is 12.2 Å². The highest BCUT2D eigenvalue weighted by atomic mass is 32.1. The zero-order valence-corrected chi connectivity index (χ0v) is 11.7. The Labute approximate surface area is 113 Å². The fraction of sp³-hybridized carbons (Fsp3) is 0.833. The highest BCUT2D eigenvalue weighted by Crippen LogP contribution is 2.22. The molecule has 1 rings (SSSR count). The molecule has 0 spiro atoms. The van der Waals surface area contributed by atoms with Gasteiger partial charge in [0.05, 0.1) is 0 Å². The normalized spacial score (nSPS) is 20.8. The zero-order chi connectivity index (χ0) is 13.5. The SMILES string of the molecule is CC(=O)NC(CS)C(=O)N1CCCC1CCCO. The molecule has 1 fully saturated rings. The van der Waals surface area contributed by atoms with Gasteiger partial charge in [0.15, 0.2) is 0 Å². The Kier molecular flexibility index (Phi) is 6.49. The van der Waals surface area contributed by atoms with Crippen molar-refractivity contribution in [3.63, 3.8) is 0 Å². The van der Waals surface area contributed by atoms with Crippen LogP contribution in [0.25, 0.3) is 0 Å². The van der Waals surface area contributed by atoms with Crippen molar-refractivity contribution in [2.45, 2.75) is 44.7 Å². The van der Waals surface area contributed by atoms with E-state index in [2.05, 4.69) is 17.9 Å². The molecule has 1 aliphatic rings. The first-order valence-corrected chi connectivity index (χ1v) is 7.02. The highest BCUT2D eigenvalue weighted by molar-refractivity contribution is 7.80. The molecule has 2 atom stereocenters. The first kappa shape index (κ1) is 15.3. The largest absolute Gasteiger partial charge is 0.396 e. The van der Waals surface area contributed by atoms with Crippen LogP contribution in [0.4, 0.5) is 0 Å². The molecular formula is C12H22N2O3S. The maximum absolute atomic E-state index is 12.3. The number of aliphatic hydroxyl groups excluding tert-OH is 1. The van der Waals surface area contributed by atoms with E-state index in [-0.39, 0.29) is 24.5 Å². The van der Waals surface area contributed by atoms with Gasteiger partial charge in [-0.1, -0.05) is 0 Å². The third-order valence-corrected chi connectivity index (χ3v) is 3.58. The van der Waals surface area contributed by atoms with Crippen LogP contribution < -0.4 is 5.32 Å². The minimum atomic E-state index is -0.541. The van der Waals surface area contributed by atoms with Gasteiger partial charge in [-0.15, -0.1) is 0 Å². The van der Waals surface area contributed by atoms with Crippen molar-refractivity contribution in [3.05, 3.63) is 0 Å². The third kappa shape index (κ3) is 4.17. The number of thiol groups is 1. The van der Waals surface area contributed by atoms with E-state index in [4.69, 9.17) is 5.11 Å². The van der Waals surface area contributed by atoms with Crippen LogP contribution in [-0.4, -0.2) is 52.8 Å². The number of carbonyl (C=O) groups is 2. The number of rotatable bonds is 6. The number of aliphatic hydroxyl groups is 1. The molecule has 18 heavy (non-hydrogen) atoms. The Morgan fingerprint density at radius 1 is 1.56 bits per heavy atom. The molecular weight excluding hydrogens is 252 g/mol. The molecule has 0 aromatic carbocycles. The molecule has 2 N–H and O–H groups in total. The van der Waals surface area contributed by atoms with E-state index < -0.39 is 6.04 Å². The first-order chi connectivity index (χ1) is 8.60. The van der Waals surface area contributed by atoms with E-state index >= 15 is 0 Å². The summed E-state index contributed by atoms with van der Waals surface area (Å²) >= 11 is 4.12. The summed E-state index contributed by atoms with van der Waals surface area (Å²) in [5.41, 5.74) is 0. The van der Waals surface area contributed by atoms with Crippen LogP contribution in [0, 0.1) is 0 Å². The number of hydrogen-bond donors (Lipinski definition) is 3. The van der Waals surface area contributed by atoms with Crippen molar-refractivity contribution >= 4 is 24.4 Å². The van der Waals surface area contributed by atoms with Crippen LogP contribution in [-0.2, 0) is 9.59 Å². The maximum atomic E-state index is 12.3. The molecule has 0 radical (unpaired) electrons. The van der Waals surface area contributed by atoms with Gasteiger partial charge in [-0.3, -0.25) is 9.59 Å². The quantitative estimate of drug-likeness (QED) is 0.605. The molecule has 104 valence electrons. The van der Waals surface area contributed by atoms with Crippen LogP contribution in [0.5, 0.6) is 0 Å². The van der Waals surface area contributed by atoms with E-state index in [0.717, 1.165) is 25.8 Å². The summed E-state index contributed by atoms with van der Waals surface area (Å²) in [4.78, 5) is 25.1. The molecule has 0 aliphatic carbocycles. The molecule has 0 bridgehead atoms. The lowest BCUT2D eigenvalue weighted by atomic mass is 10.1. The number of nitrogens with zero attached hydrogens (tertiary/aromatic N) is 1. The minimum Gasteiger partial charge on any atom is -0.396 e. The molecule has 5 nitrogen and oxygen atoms in total. The van der Waals surface area contributed by atoms with E-state index in [9.17, 15) is 9.59 Å². The lowest BCUT2D eigenvalue weighted by Crippen LogP contribution is -2.50. The second-order valence-corrected chi connectivity index (χ2v) is 4.99. The van der Waals surface area contributed by atoms with Gasteiger partial charge in [-0.25, -0.2) is 0 Å². The molecule has 2 unspecified atom stereocenters. The Morgan fingerprint density at radius 3 is 2.83 bits per heavy atom. The Bertz CT molecular complexity index is 299. The van der Waals surface area contributed by atoms with Crippen molar-refractivity contribution in [2.24, 2.45) is 0 Å². The summed E-state index contributed by atoms with van der Waals surface area (Å²) in [7, 11) is 0. The van der Waals surface area contributed by atoms with Crippen molar-refractivity contribution in [2.75, 3.05) is 18.9 Å². The molecule has 0 aromatic heterocycles. The minimum absolute atomic E-state index is 0.0550. The predicted octanol–water partition coefficient (Wildman–Crippen LogP) is 0.184. The van der Waals surface area contributed by atoms with Gasteiger partial charge in [0.2, 0.25) is 11.8 Å². The van der Waals surface area contributed by atoms with Crippen molar-refractivity contribution in [1.82, 2.24) is 10.2 Å². The Balaban J connectivity index is 2.59. The molecule has 0 aromatic rings. The van der Waals surface area contributed by atoms with Gasteiger partial charge in [-0.2, -0.15) is 12.6 Å². The summed E-state index contributed by atoms with van der Waals surface area (Å²) in [5.74, 6) is 0.0379. The molecule has 1 heterocycles. The number of likely N-dealkylation sites (tertiary alicyclic amines) is 1. The highest BCUT2D eigenvalue weighted by Gasteiger charge is 2.32. The number of carbonyl (C=O) groups excluding carboxylic acids is 2. The van der Waals surface area contributed by atoms with E-state index in [1.54, 1.807) is 0 Å². The van der Waals surface area contributed by atoms with Crippen LogP contribution in [0.2, 0.25) is 0 Å². The van der Waals surface area contributed by atoms with Gasteiger partial charge in [0.1, 0.15) is 6.04 Å². The Morgan fingerprint density at radius 2 is 2.28 bits per heavy atom. The molecule has 6 heteroatoms. The molecule has 0 saturated carbocycles. The summed E-state index contributed by atoms with van der Waals surface area (Å²) in [6.07, 6.45) is 3.49. The standard InChI is InChI=1S/C12H22N2O3S/c1-9(16)13-11(8-18)12(17)14-6-2-4-10(14)5-3-7-15/h10-11,15,18H,2-8H2,1H3,(H,13,16). The van der Waals surface area contributed by atoms with Gasteiger partial charge in [0.25, 0.3) is 0 Å². The summed E-state index contributed by atoms with van der Waals surface area (Å²) in [5, 5.41) is 11.5. The van der Waals surface area contributed by atoms with Crippen molar-refractivity contribution in [3.8, 4) is 0 Å².